The summed E-state index contributed by atoms with van der Waals surface area (Å²) in [6.07, 6.45) is 4.72. The molecule has 1 saturated carbocycles. The molecule has 2 atom stereocenters. The molecule has 1 aromatic rings. The van der Waals surface area contributed by atoms with Gasteiger partial charge < -0.3 is 10.1 Å². The van der Waals surface area contributed by atoms with E-state index in [0.717, 1.165) is 36.7 Å². The Kier molecular flexibility index (Phi) is 3.63. The molecule has 104 valence electrons. The molecule has 0 aromatic carbocycles. The van der Waals surface area contributed by atoms with E-state index in [9.17, 15) is 0 Å². The molecule has 1 aromatic heterocycles. The molecule has 3 rings (SSSR count). The van der Waals surface area contributed by atoms with E-state index in [2.05, 4.69) is 22.2 Å². The second kappa shape index (κ2) is 5.25. The van der Waals surface area contributed by atoms with E-state index >= 15 is 0 Å². The summed E-state index contributed by atoms with van der Waals surface area (Å²) >= 11 is 6.22. The molecule has 2 unspecified atom stereocenters. The first-order valence-electron chi connectivity index (χ1n) is 7.05. The maximum absolute atomic E-state index is 6.22. The fourth-order valence-corrected chi connectivity index (χ4v) is 2.67. The van der Waals surface area contributed by atoms with Crippen LogP contribution >= 0.6 is 11.6 Å². The van der Waals surface area contributed by atoms with Crippen molar-refractivity contribution in [3.8, 4) is 0 Å². The monoisotopic (exact) mass is 281 g/mol. The number of nitrogens with one attached hydrogen (secondary N) is 1. The molecule has 1 N–H and O–H groups in total. The van der Waals surface area contributed by atoms with E-state index in [1.54, 1.807) is 0 Å². The van der Waals surface area contributed by atoms with Gasteiger partial charge in [0, 0.05) is 24.1 Å². The van der Waals surface area contributed by atoms with Crippen LogP contribution in [-0.2, 0) is 4.74 Å². The van der Waals surface area contributed by atoms with Gasteiger partial charge in [0.25, 0.3) is 0 Å². The molecule has 0 radical (unpaired) electrons. The summed E-state index contributed by atoms with van der Waals surface area (Å²) in [7, 11) is 0. The Morgan fingerprint density at radius 1 is 1.26 bits per heavy atom. The molecule has 1 aliphatic carbocycles. The van der Waals surface area contributed by atoms with E-state index in [1.165, 1.54) is 12.8 Å². The largest absolute Gasteiger partial charge is 0.378 e. The lowest BCUT2D eigenvalue weighted by atomic mass is 10.0. The molecule has 1 saturated heterocycles. The van der Waals surface area contributed by atoms with Crippen LogP contribution in [0.25, 0.3) is 0 Å². The number of rotatable bonds is 3. The van der Waals surface area contributed by atoms with Crippen molar-refractivity contribution in [2.75, 3.05) is 11.9 Å². The number of anilines is 1. The summed E-state index contributed by atoms with van der Waals surface area (Å²) in [5.74, 6) is 2.33. The van der Waals surface area contributed by atoms with Gasteiger partial charge in [-0.05, 0) is 39.5 Å². The minimum absolute atomic E-state index is 0.312. The van der Waals surface area contributed by atoms with Gasteiger partial charge in [-0.1, -0.05) is 11.6 Å². The van der Waals surface area contributed by atoms with Crippen molar-refractivity contribution in [1.82, 2.24) is 9.97 Å². The van der Waals surface area contributed by atoms with Gasteiger partial charge >= 0.3 is 0 Å². The van der Waals surface area contributed by atoms with Crippen LogP contribution in [-0.4, -0.2) is 28.7 Å². The normalized spacial score (nSPS) is 27.3. The first-order valence-corrected chi connectivity index (χ1v) is 7.43. The maximum atomic E-state index is 6.22. The summed E-state index contributed by atoms with van der Waals surface area (Å²) in [6.45, 7) is 4.90. The zero-order valence-corrected chi connectivity index (χ0v) is 12.2. The first kappa shape index (κ1) is 13.1. The van der Waals surface area contributed by atoms with Crippen molar-refractivity contribution in [2.45, 2.75) is 57.6 Å². The number of hydrogen-bond acceptors (Lipinski definition) is 4. The highest BCUT2D eigenvalue weighted by molar-refractivity contribution is 6.30. The highest BCUT2D eigenvalue weighted by Gasteiger charge is 2.28. The third-order valence-electron chi connectivity index (χ3n) is 3.87. The minimum atomic E-state index is 0.312. The maximum Gasteiger partial charge on any atom is 0.137 e. The predicted molar refractivity (Wildman–Crippen MR) is 75.8 cm³/mol. The second-order valence-corrected chi connectivity index (χ2v) is 6.03. The van der Waals surface area contributed by atoms with E-state index in [0.29, 0.717) is 23.2 Å². The Bertz CT molecular complexity index is 476. The zero-order chi connectivity index (χ0) is 13.4. The molecule has 0 spiro atoms. The standard InChI is InChI=1S/C14H20ClN3O/c1-8-7-11(5-6-19-8)16-13-9(2)12(15)17-14(18-13)10-3-4-10/h8,10-11H,3-7H2,1-2H3,(H,16,17,18). The number of aromatic nitrogens is 2. The molecular weight excluding hydrogens is 262 g/mol. The molecular formula is C14H20ClN3O. The number of nitrogens with zero attached hydrogens (tertiary/aromatic N) is 2. The molecule has 2 fully saturated rings. The number of ether oxygens (including phenoxy) is 1. The van der Waals surface area contributed by atoms with Crippen molar-refractivity contribution in [3.63, 3.8) is 0 Å². The lowest BCUT2D eigenvalue weighted by Gasteiger charge is -2.29. The molecule has 5 heteroatoms. The highest BCUT2D eigenvalue weighted by Crippen LogP contribution is 2.39. The van der Waals surface area contributed by atoms with E-state index in [4.69, 9.17) is 16.3 Å². The fourth-order valence-electron chi connectivity index (χ4n) is 2.49. The van der Waals surface area contributed by atoms with E-state index < -0.39 is 0 Å². The third kappa shape index (κ3) is 3.00. The Balaban J connectivity index is 1.78. The third-order valence-corrected chi connectivity index (χ3v) is 4.24. The summed E-state index contributed by atoms with van der Waals surface area (Å²) in [5.41, 5.74) is 0.949. The van der Waals surface area contributed by atoms with Crippen molar-refractivity contribution in [2.24, 2.45) is 0 Å². The number of hydrogen-bond donors (Lipinski definition) is 1. The molecule has 0 amide bonds. The Morgan fingerprint density at radius 2 is 2.05 bits per heavy atom. The SMILES string of the molecule is Cc1c(Cl)nc(C2CC2)nc1NC1CCOC(C)C1. The van der Waals surface area contributed by atoms with Crippen LogP contribution in [0.15, 0.2) is 0 Å². The summed E-state index contributed by atoms with van der Waals surface area (Å²) < 4.78 is 5.57. The topological polar surface area (TPSA) is 47.0 Å². The summed E-state index contributed by atoms with van der Waals surface area (Å²) in [5, 5.41) is 4.11. The van der Waals surface area contributed by atoms with E-state index in [1.807, 2.05) is 6.92 Å². The van der Waals surface area contributed by atoms with Crippen LogP contribution in [0.4, 0.5) is 5.82 Å². The van der Waals surface area contributed by atoms with Gasteiger partial charge in [-0.25, -0.2) is 9.97 Å². The minimum Gasteiger partial charge on any atom is -0.378 e. The fraction of sp³-hybridized carbons (Fsp3) is 0.714. The van der Waals surface area contributed by atoms with Gasteiger partial charge in [-0.2, -0.15) is 0 Å². The molecule has 19 heavy (non-hydrogen) atoms. The summed E-state index contributed by atoms with van der Waals surface area (Å²) in [6, 6.07) is 0.417. The average Bonchev–Trinajstić information content (AvgIpc) is 3.19. The van der Waals surface area contributed by atoms with Crippen molar-refractivity contribution >= 4 is 17.4 Å². The van der Waals surface area contributed by atoms with E-state index in [-0.39, 0.29) is 0 Å². The van der Waals surface area contributed by atoms with Gasteiger partial charge in [0.1, 0.15) is 16.8 Å². The molecule has 2 aliphatic rings. The van der Waals surface area contributed by atoms with Crippen LogP contribution < -0.4 is 5.32 Å². The van der Waals surface area contributed by atoms with Gasteiger partial charge in [0.05, 0.1) is 6.10 Å². The van der Waals surface area contributed by atoms with Crippen molar-refractivity contribution in [3.05, 3.63) is 16.5 Å². The Morgan fingerprint density at radius 3 is 2.74 bits per heavy atom. The van der Waals surface area contributed by atoms with Gasteiger partial charge in [0.2, 0.25) is 0 Å². The molecule has 2 heterocycles. The van der Waals surface area contributed by atoms with Crippen molar-refractivity contribution < 1.29 is 4.74 Å². The first-order chi connectivity index (χ1) is 9.13. The quantitative estimate of drug-likeness (QED) is 0.864. The van der Waals surface area contributed by atoms with Gasteiger partial charge in [-0.3, -0.25) is 0 Å². The number of halogens is 1. The van der Waals surface area contributed by atoms with Crippen molar-refractivity contribution in [1.29, 1.82) is 0 Å². The van der Waals surface area contributed by atoms with Crippen LogP contribution in [0.3, 0.4) is 0 Å². The molecule has 1 aliphatic heterocycles. The molecule has 4 nitrogen and oxygen atoms in total. The van der Waals surface area contributed by atoms with Crippen LogP contribution in [0.1, 0.15) is 49.9 Å². The second-order valence-electron chi connectivity index (χ2n) is 5.67. The highest BCUT2D eigenvalue weighted by atomic mass is 35.5. The van der Waals surface area contributed by atoms with Crippen LogP contribution in [0.2, 0.25) is 5.15 Å². The lowest BCUT2D eigenvalue weighted by Crippen LogP contribution is -2.33. The Labute approximate surface area is 118 Å². The smallest absolute Gasteiger partial charge is 0.137 e. The van der Waals surface area contributed by atoms with Crippen LogP contribution in [0, 0.1) is 6.92 Å². The average molecular weight is 282 g/mol. The van der Waals surface area contributed by atoms with Gasteiger partial charge in [0.15, 0.2) is 0 Å². The zero-order valence-electron chi connectivity index (χ0n) is 11.4. The van der Waals surface area contributed by atoms with Crippen LogP contribution in [0.5, 0.6) is 0 Å². The lowest BCUT2D eigenvalue weighted by molar-refractivity contribution is 0.0231. The van der Waals surface area contributed by atoms with Gasteiger partial charge in [-0.15, -0.1) is 0 Å². The summed E-state index contributed by atoms with van der Waals surface area (Å²) in [4.78, 5) is 9.06. The molecule has 0 bridgehead atoms. The Hall–Kier alpha value is -0.870. The predicted octanol–water partition coefficient (Wildman–Crippen LogP) is 3.30.